The predicted octanol–water partition coefficient (Wildman–Crippen LogP) is 3.72. The Hall–Kier alpha value is -0.370. The summed E-state index contributed by atoms with van der Waals surface area (Å²) >= 11 is 3.34. The summed E-state index contributed by atoms with van der Waals surface area (Å²) in [5, 5.41) is 0.933. The molecule has 0 saturated heterocycles. The highest BCUT2D eigenvalue weighted by Gasteiger charge is 2.01. The van der Waals surface area contributed by atoms with Crippen molar-refractivity contribution in [3.63, 3.8) is 0 Å². The Kier molecular flexibility index (Phi) is 4.43. The summed E-state index contributed by atoms with van der Waals surface area (Å²) in [6, 6.07) is 5.40. The Morgan fingerprint density at radius 3 is 2.77 bits per heavy atom. The van der Waals surface area contributed by atoms with E-state index in [1.165, 1.54) is 5.56 Å². The number of aryl methyl sites for hydroxylation is 2. The van der Waals surface area contributed by atoms with Crippen LogP contribution in [-0.4, -0.2) is 5.33 Å². The van der Waals surface area contributed by atoms with Gasteiger partial charge >= 0.3 is 0 Å². The maximum Gasteiger partial charge on any atom is 0.126 e. The highest BCUT2D eigenvalue weighted by molar-refractivity contribution is 9.09. The lowest BCUT2D eigenvalue weighted by Gasteiger charge is -2.04. The van der Waals surface area contributed by atoms with Gasteiger partial charge in [-0.05, 0) is 36.5 Å². The van der Waals surface area contributed by atoms with Crippen LogP contribution in [0.15, 0.2) is 18.2 Å². The molecule has 2 heteroatoms. The molecular formula is C11H14BrF. The molecule has 0 unspecified atom stereocenters. The van der Waals surface area contributed by atoms with Crippen LogP contribution in [0.2, 0.25) is 0 Å². The van der Waals surface area contributed by atoms with E-state index in [-0.39, 0.29) is 5.82 Å². The minimum Gasteiger partial charge on any atom is -0.207 e. The van der Waals surface area contributed by atoms with Crippen molar-refractivity contribution >= 4 is 15.9 Å². The molecule has 13 heavy (non-hydrogen) atoms. The van der Waals surface area contributed by atoms with E-state index in [0.717, 1.165) is 30.2 Å². The van der Waals surface area contributed by atoms with Crippen LogP contribution in [-0.2, 0) is 12.8 Å². The first kappa shape index (κ1) is 10.7. The average molecular weight is 245 g/mol. The quantitative estimate of drug-likeness (QED) is 0.709. The number of halogens is 2. The summed E-state index contributed by atoms with van der Waals surface area (Å²) < 4.78 is 13.2. The third-order valence-electron chi connectivity index (χ3n) is 2.10. The number of alkyl halides is 1. The standard InChI is InChI=1S/C11H14BrF/c1-2-9-5-6-11(13)10(8-9)4-3-7-12/h5-6,8H,2-4,7H2,1H3. The van der Waals surface area contributed by atoms with Crippen molar-refractivity contribution in [2.75, 3.05) is 5.33 Å². The molecule has 0 saturated carbocycles. The third-order valence-corrected chi connectivity index (χ3v) is 2.66. The Labute approximate surface area is 87.3 Å². The fourth-order valence-electron chi connectivity index (χ4n) is 1.30. The maximum atomic E-state index is 13.2. The summed E-state index contributed by atoms with van der Waals surface area (Å²) in [6.07, 6.45) is 2.79. The molecule has 1 aromatic carbocycles. The van der Waals surface area contributed by atoms with E-state index in [1.54, 1.807) is 6.07 Å². The topological polar surface area (TPSA) is 0 Å². The number of hydrogen-bond donors (Lipinski definition) is 0. The monoisotopic (exact) mass is 244 g/mol. The van der Waals surface area contributed by atoms with Gasteiger partial charge in [-0.15, -0.1) is 0 Å². The lowest BCUT2D eigenvalue weighted by atomic mass is 10.0. The van der Waals surface area contributed by atoms with Crippen molar-refractivity contribution in [3.05, 3.63) is 35.1 Å². The minimum absolute atomic E-state index is 0.0712. The van der Waals surface area contributed by atoms with Gasteiger partial charge in [0, 0.05) is 5.33 Å². The Morgan fingerprint density at radius 2 is 2.15 bits per heavy atom. The Balaban J connectivity index is 2.78. The van der Waals surface area contributed by atoms with Crippen molar-refractivity contribution < 1.29 is 4.39 Å². The SMILES string of the molecule is CCc1ccc(F)c(CCCBr)c1. The number of benzene rings is 1. The second-order valence-corrected chi connectivity index (χ2v) is 3.86. The molecule has 0 N–H and O–H groups in total. The van der Waals surface area contributed by atoms with E-state index in [4.69, 9.17) is 0 Å². The van der Waals surface area contributed by atoms with E-state index in [2.05, 4.69) is 22.9 Å². The van der Waals surface area contributed by atoms with Gasteiger partial charge in [-0.2, -0.15) is 0 Å². The van der Waals surface area contributed by atoms with E-state index in [1.807, 2.05) is 12.1 Å². The molecule has 0 atom stereocenters. The van der Waals surface area contributed by atoms with Crippen LogP contribution in [0, 0.1) is 5.82 Å². The minimum atomic E-state index is -0.0712. The normalized spacial score (nSPS) is 10.4. The van der Waals surface area contributed by atoms with Gasteiger partial charge in [0.05, 0.1) is 0 Å². The van der Waals surface area contributed by atoms with Crippen LogP contribution in [0.1, 0.15) is 24.5 Å². The molecule has 0 spiro atoms. The fourth-order valence-corrected chi connectivity index (χ4v) is 1.58. The Bertz CT molecular complexity index is 271. The fraction of sp³-hybridized carbons (Fsp3) is 0.455. The molecule has 0 heterocycles. The smallest absolute Gasteiger partial charge is 0.126 e. The van der Waals surface area contributed by atoms with E-state index in [9.17, 15) is 4.39 Å². The molecule has 0 aliphatic carbocycles. The number of hydrogen-bond acceptors (Lipinski definition) is 0. The molecule has 0 nitrogen and oxygen atoms in total. The molecule has 72 valence electrons. The Morgan fingerprint density at radius 1 is 1.38 bits per heavy atom. The first-order valence-electron chi connectivity index (χ1n) is 4.61. The van der Waals surface area contributed by atoms with Crippen LogP contribution >= 0.6 is 15.9 Å². The van der Waals surface area contributed by atoms with Crippen molar-refractivity contribution in [3.8, 4) is 0 Å². The van der Waals surface area contributed by atoms with Gasteiger partial charge in [0.1, 0.15) is 5.82 Å². The first-order valence-corrected chi connectivity index (χ1v) is 5.73. The van der Waals surface area contributed by atoms with Crippen LogP contribution in [0.5, 0.6) is 0 Å². The molecular weight excluding hydrogens is 231 g/mol. The zero-order chi connectivity index (χ0) is 9.68. The van der Waals surface area contributed by atoms with Crippen LogP contribution in [0.25, 0.3) is 0 Å². The van der Waals surface area contributed by atoms with Crippen molar-refractivity contribution in [1.82, 2.24) is 0 Å². The molecule has 0 aliphatic heterocycles. The summed E-state index contributed by atoms with van der Waals surface area (Å²) in [4.78, 5) is 0. The van der Waals surface area contributed by atoms with E-state index in [0.29, 0.717) is 0 Å². The highest BCUT2D eigenvalue weighted by Crippen LogP contribution is 2.13. The predicted molar refractivity (Wildman–Crippen MR) is 57.9 cm³/mol. The van der Waals surface area contributed by atoms with Crippen molar-refractivity contribution in [1.29, 1.82) is 0 Å². The molecule has 0 aromatic heterocycles. The molecule has 0 fully saturated rings. The van der Waals surface area contributed by atoms with Gasteiger partial charge in [-0.3, -0.25) is 0 Å². The summed E-state index contributed by atoms with van der Waals surface area (Å²) in [7, 11) is 0. The van der Waals surface area contributed by atoms with Crippen LogP contribution in [0.4, 0.5) is 4.39 Å². The average Bonchev–Trinajstić information content (AvgIpc) is 2.17. The van der Waals surface area contributed by atoms with Crippen LogP contribution in [0.3, 0.4) is 0 Å². The molecule has 1 aromatic rings. The summed E-state index contributed by atoms with van der Waals surface area (Å²) in [5.41, 5.74) is 2.06. The van der Waals surface area contributed by atoms with Crippen molar-refractivity contribution in [2.45, 2.75) is 26.2 Å². The second kappa shape index (κ2) is 5.38. The number of rotatable bonds is 4. The lowest BCUT2D eigenvalue weighted by molar-refractivity contribution is 0.607. The van der Waals surface area contributed by atoms with E-state index >= 15 is 0 Å². The molecule has 0 aliphatic rings. The van der Waals surface area contributed by atoms with E-state index < -0.39 is 0 Å². The van der Waals surface area contributed by atoms with Gasteiger partial charge in [-0.1, -0.05) is 35.0 Å². The zero-order valence-electron chi connectivity index (χ0n) is 7.82. The summed E-state index contributed by atoms with van der Waals surface area (Å²) in [5.74, 6) is -0.0712. The zero-order valence-corrected chi connectivity index (χ0v) is 9.40. The van der Waals surface area contributed by atoms with Crippen LogP contribution < -0.4 is 0 Å². The van der Waals surface area contributed by atoms with Gasteiger partial charge in [0.2, 0.25) is 0 Å². The van der Waals surface area contributed by atoms with Gasteiger partial charge < -0.3 is 0 Å². The largest absolute Gasteiger partial charge is 0.207 e. The molecule has 0 amide bonds. The highest BCUT2D eigenvalue weighted by atomic mass is 79.9. The maximum absolute atomic E-state index is 13.2. The lowest BCUT2D eigenvalue weighted by Crippen LogP contribution is -1.93. The first-order chi connectivity index (χ1) is 6.27. The molecule has 0 bridgehead atoms. The molecule has 0 radical (unpaired) electrons. The van der Waals surface area contributed by atoms with Crippen molar-refractivity contribution in [2.24, 2.45) is 0 Å². The molecule has 1 rings (SSSR count). The summed E-state index contributed by atoms with van der Waals surface area (Å²) in [6.45, 7) is 2.08. The van der Waals surface area contributed by atoms with Gasteiger partial charge in [0.15, 0.2) is 0 Å². The van der Waals surface area contributed by atoms with Gasteiger partial charge in [0.25, 0.3) is 0 Å². The second-order valence-electron chi connectivity index (χ2n) is 3.07. The third kappa shape index (κ3) is 3.11. The van der Waals surface area contributed by atoms with Gasteiger partial charge in [-0.25, -0.2) is 4.39 Å².